The summed E-state index contributed by atoms with van der Waals surface area (Å²) < 4.78 is 75.3. The minimum Gasteiger partial charge on any atom is -0.490 e. The number of H-pyrrole nitrogens is 1. The van der Waals surface area contributed by atoms with Gasteiger partial charge in [-0.2, -0.15) is 13.2 Å². The molecule has 2 fully saturated rings. The molecule has 0 amide bonds. The van der Waals surface area contributed by atoms with Gasteiger partial charge in [-0.3, -0.25) is 14.7 Å². The van der Waals surface area contributed by atoms with E-state index in [-0.39, 0.29) is 46.1 Å². The molecule has 41 heavy (non-hydrogen) atoms. The third-order valence-corrected chi connectivity index (χ3v) is 8.02. The van der Waals surface area contributed by atoms with E-state index in [1.165, 1.54) is 24.4 Å². The van der Waals surface area contributed by atoms with Gasteiger partial charge in [-0.05, 0) is 55.6 Å². The van der Waals surface area contributed by atoms with Gasteiger partial charge in [-0.25, -0.2) is 13.8 Å². The lowest BCUT2D eigenvalue weighted by Gasteiger charge is -2.39. The van der Waals surface area contributed by atoms with Crippen LogP contribution in [-0.4, -0.2) is 44.6 Å². The number of nitrogens with one attached hydrogen (secondary N) is 1. The molecule has 0 bridgehead atoms. The summed E-state index contributed by atoms with van der Waals surface area (Å²) in [6.45, 7) is 3.75. The lowest BCUT2D eigenvalue weighted by atomic mass is 9.97. The van der Waals surface area contributed by atoms with Crippen molar-refractivity contribution in [1.82, 2.24) is 19.9 Å². The normalized spacial score (nSPS) is 18.6. The quantitative estimate of drug-likeness (QED) is 0.277. The zero-order valence-electron chi connectivity index (χ0n) is 22.2. The number of rotatable bonds is 6. The molecule has 1 aliphatic heterocycles. The van der Waals surface area contributed by atoms with E-state index in [1.54, 1.807) is 12.1 Å². The van der Waals surface area contributed by atoms with E-state index in [0.29, 0.717) is 24.1 Å². The average molecular weight is 571 g/mol. The van der Waals surface area contributed by atoms with Crippen LogP contribution in [0.2, 0.25) is 0 Å². The smallest absolute Gasteiger partial charge is 0.419 e. The van der Waals surface area contributed by atoms with Crippen LogP contribution < -0.4 is 10.3 Å². The van der Waals surface area contributed by atoms with Crippen LogP contribution in [0.1, 0.15) is 49.6 Å². The Morgan fingerprint density at radius 2 is 1.85 bits per heavy atom. The van der Waals surface area contributed by atoms with Gasteiger partial charge in [-0.15, -0.1) is 0 Å². The molecule has 11 heteroatoms. The van der Waals surface area contributed by atoms with Crippen molar-refractivity contribution in [3.63, 3.8) is 0 Å². The first-order chi connectivity index (χ1) is 19.5. The molecule has 2 aliphatic rings. The molecule has 1 saturated heterocycles. The first-order valence-corrected chi connectivity index (χ1v) is 13.5. The highest BCUT2D eigenvalue weighted by molar-refractivity contribution is 5.81. The molecular weight excluding hydrogens is 543 g/mol. The predicted octanol–water partition coefficient (Wildman–Crippen LogP) is 6.27. The second-order valence-corrected chi connectivity index (χ2v) is 10.8. The van der Waals surface area contributed by atoms with Crippen LogP contribution in [0.4, 0.5) is 22.0 Å². The highest BCUT2D eigenvalue weighted by atomic mass is 19.4. The first kappa shape index (κ1) is 27.3. The van der Waals surface area contributed by atoms with Gasteiger partial charge >= 0.3 is 6.18 Å². The molecule has 2 aromatic heterocycles. The lowest BCUT2D eigenvalue weighted by Crippen LogP contribution is -2.47. The fourth-order valence-electron chi connectivity index (χ4n) is 5.84. The van der Waals surface area contributed by atoms with E-state index < -0.39 is 28.9 Å². The van der Waals surface area contributed by atoms with Crippen LogP contribution in [-0.2, 0) is 12.6 Å². The molecule has 1 N–H and O–H groups in total. The number of pyridine rings is 1. The number of aromatic amines is 1. The predicted molar refractivity (Wildman–Crippen MR) is 143 cm³/mol. The Labute approximate surface area is 232 Å². The molecule has 214 valence electrons. The molecule has 1 saturated carbocycles. The third kappa shape index (κ3) is 5.55. The van der Waals surface area contributed by atoms with E-state index in [0.717, 1.165) is 38.1 Å². The van der Waals surface area contributed by atoms with Crippen molar-refractivity contribution >= 4 is 10.9 Å². The van der Waals surface area contributed by atoms with Gasteiger partial charge in [0, 0.05) is 48.8 Å². The van der Waals surface area contributed by atoms with Gasteiger partial charge in [0.1, 0.15) is 29.3 Å². The van der Waals surface area contributed by atoms with Crippen molar-refractivity contribution in [2.45, 2.75) is 56.8 Å². The highest BCUT2D eigenvalue weighted by Gasteiger charge is 2.51. The number of nitrogens with zero attached hydrogens (tertiary/aromatic N) is 3. The van der Waals surface area contributed by atoms with Crippen molar-refractivity contribution in [3.05, 3.63) is 87.6 Å². The number of fused-ring (bicyclic) bond motifs is 1. The van der Waals surface area contributed by atoms with E-state index in [2.05, 4.69) is 26.8 Å². The Bertz CT molecular complexity index is 1640. The molecule has 1 aliphatic carbocycles. The van der Waals surface area contributed by atoms with Crippen LogP contribution in [0, 0.1) is 11.6 Å². The number of ether oxygens (including phenoxy) is 1. The molecule has 0 unspecified atom stereocenters. The van der Waals surface area contributed by atoms with Crippen molar-refractivity contribution in [1.29, 1.82) is 0 Å². The average Bonchev–Trinajstić information content (AvgIpc) is 3.67. The SMILES string of the molecule is CCN1CC[C@@H](Oc2cc3nc(Cc4ccc(-c5cc(F)cc(F)c5)nc4)[nH]c(=O)c3cc2C(F)(F)F)CC12CC2. The van der Waals surface area contributed by atoms with Gasteiger partial charge in [0.25, 0.3) is 5.56 Å². The maximum absolute atomic E-state index is 14.0. The Hall–Kier alpha value is -3.86. The van der Waals surface area contributed by atoms with E-state index in [4.69, 9.17) is 4.74 Å². The summed E-state index contributed by atoms with van der Waals surface area (Å²) in [6, 6.07) is 8.38. The Morgan fingerprint density at radius 1 is 1.10 bits per heavy atom. The van der Waals surface area contributed by atoms with Gasteiger partial charge in [0.15, 0.2) is 0 Å². The topological polar surface area (TPSA) is 71.1 Å². The zero-order chi connectivity index (χ0) is 28.9. The van der Waals surface area contributed by atoms with Crippen LogP contribution >= 0.6 is 0 Å². The summed E-state index contributed by atoms with van der Waals surface area (Å²) in [4.78, 5) is 26.5. The Kier molecular flexibility index (Phi) is 6.80. The summed E-state index contributed by atoms with van der Waals surface area (Å²) >= 11 is 0. The molecule has 1 spiro atoms. The monoisotopic (exact) mass is 570 g/mol. The summed E-state index contributed by atoms with van der Waals surface area (Å²) in [5, 5.41) is -0.186. The number of hydrogen-bond acceptors (Lipinski definition) is 5. The van der Waals surface area contributed by atoms with E-state index >= 15 is 0 Å². The number of aromatic nitrogens is 3. The maximum atomic E-state index is 14.0. The summed E-state index contributed by atoms with van der Waals surface area (Å²) in [5.74, 6) is -1.54. The minimum absolute atomic E-state index is 0.0158. The fourth-order valence-corrected chi connectivity index (χ4v) is 5.84. The number of alkyl halides is 3. The first-order valence-electron chi connectivity index (χ1n) is 13.5. The molecule has 0 radical (unpaired) electrons. The van der Waals surface area contributed by atoms with Crippen LogP contribution in [0.3, 0.4) is 0 Å². The second kappa shape index (κ2) is 10.2. The molecular formula is C30H27F5N4O2. The van der Waals surface area contributed by atoms with Gasteiger partial charge < -0.3 is 9.72 Å². The van der Waals surface area contributed by atoms with Crippen molar-refractivity contribution < 1.29 is 26.7 Å². The Balaban J connectivity index is 1.28. The third-order valence-electron chi connectivity index (χ3n) is 8.02. The van der Waals surface area contributed by atoms with Gasteiger partial charge in [0.05, 0.1) is 22.2 Å². The lowest BCUT2D eigenvalue weighted by molar-refractivity contribution is -0.139. The number of piperidine rings is 1. The Morgan fingerprint density at radius 3 is 2.49 bits per heavy atom. The largest absolute Gasteiger partial charge is 0.490 e. The number of hydrogen-bond donors (Lipinski definition) is 1. The maximum Gasteiger partial charge on any atom is 0.419 e. The fraction of sp³-hybridized carbons (Fsp3) is 0.367. The summed E-state index contributed by atoms with van der Waals surface area (Å²) in [5.41, 5.74) is -0.329. The van der Waals surface area contributed by atoms with E-state index in [9.17, 15) is 26.7 Å². The van der Waals surface area contributed by atoms with Crippen LogP contribution in [0.15, 0.2) is 53.5 Å². The van der Waals surface area contributed by atoms with Crippen molar-refractivity contribution in [3.8, 4) is 17.0 Å². The molecule has 6 rings (SSSR count). The molecule has 3 heterocycles. The van der Waals surface area contributed by atoms with E-state index in [1.807, 2.05) is 0 Å². The van der Waals surface area contributed by atoms with Gasteiger partial charge in [-0.1, -0.05) is 13.0 Å². The summed E-state index contributed by atoms with van der Waals surface area (Å²) in [7, 11) is 0. The summed E-state index contributed by atoms with van der Waals surface area (Å²) in [6.07, 6.45) is -0.158. The standard InChI is InChI=1S/C30H27F5N4O2/c1-2-39-8-5-21(15-29(39)6-7-29)41-26-14-25-22(13-23(26)30(33,34)35)28(40)38-27(37-25)9-17-3-4-24(36-16-17)18-10-19(31)12-20(32)11-18/h3-4,10-14,16,21H,2,5-9,15H2,1H3,(H,37,38,40)/t21-/m1/s1. The highest BCUT2D eigenvalue weighted by Crippen LogP contribution is 2.49. The number of likely N-dealkylation sites (tertiary alicyclic amines) is 1. The zero-order valence-corrected chi connectivity index (χ0v) is 22.2. The molecule has 1 atom stereocenters. The second-order valence-electron chi connectivity index (χ2n) is 10.8. The molecule has 6 nitrogen and oxygen atoms in total. The molecule has 4 aromatic rings. The number of benzene rings is 2. The van der Waals surface area contributed by atoms with Gasteiger partial charge in [0.2, 0.25) is 0 Å². The minimum atomic E-state index is -4.71. The van der Waals surface area contributed by atoms with Crippen LogP contribution in [0.5, 0.6) is 5.75 Å². The molecule has 2 aromatic carbocycles. The van der Waals surface area contributed by atoms with Crippen molar-refractivity contribution in [2.75, 3.05) is 13.1 Å². The van der Waals surface area contributed by atoms with Crippen molar-refractivity contribution in [2.24, 2.45) is 0 Å². The number of halogens is 5. The van der Waals surface area contributed by atoms with Crippen LogP contribution in [0.25, 0.3) is 22.2 Å².